The molecule has 2 unspecified atom stereocenters. The molecule has 1 aromatic heterocycles. The second-order valence-corrected chi connectivity index (χ2v) is 9.61. The third kappa shape index (κ3) is 3.07. The van der Waals surface area contributed by atoms with Crippen molar-refractivity contribution in [3.05, 3.63) is 74.2 Å². The van der Waals surface area contributed by atoms with E-state index in [1.807, 2.05) is 49.4 Å². The average Bonchev–Trinajstić information content (AvgIpc) is 3.08. The molecule has 3 heterocycles. The number of hydrogen-bond acceptors (Lipinski definition) is 6. The van der Waals surface area contributed by atoms with E-state index in [-0.39, 0.29) is 17.2 Å². The van der Waals surface area contributed by atoms with Crippen LogP contribution >= 0.6 is 23.1 Å². The van der Waals surface area contributed by atoms with E-state index in [1.165, 1.54) is 11.8 Å². The molecule has 0 saturated carbocycles. The molecule has 0 fully saturated rings. The van der Waals surface area contributed by atoms with Gasteiger partial charge in [-0.25, -0.2) is 0 Å². The highest BCUT2D eigenvalue weighted by molar-refractivity contribution is 7.99. The number of nitrogens with one attached hydrogen (secondary N) is 2. The fourth-order valence-electron chi connectivity index (χ4n) is 4.23. The summed E-state index contributed by atoms with van der Waals surface area (Å²) >= 11 is 2.50. The molecule has 2 aromatic carbocycles. The van der Waals surface area contributed by atoms with Gasteiger partial charge in [-0.15, -0.1) is 11.8 Å². The number of thioether (sulfide) groups is 1. The van der Waals surface area contributed by atoms with Crippen molar-refractivity contribution in [1.82, 2.24) is 4.98 Å². The molecule has 1 amide bonds. The van der Waals surface area contributed by atoms with Crippen LogP contribution in [0.25, 0.3) is 0 Å². The lowest BCUT2D eigenvalue weighted by Crippen LogP contribution is -2.49. The molecule has 5 rings (SSSR count). The zero-order chi connectivity index (χ0) is 20.9. The van der Waals surface area contributed by atoms with Crippen molar-refractivity contribution in [2.45, 2.75) is 24.3 Å². The number of aromatic nitrogens is 1. The molecule has 3 aromatic rings. The number of benzene rings is 2. The van der Waals surface area contributed by atoms with E-state index >= 15 is 0 Å². The number of aromatic amines is 1. The molecule has 2 N–H and O–H groups in total. The fraction of sp³-hybridized carbons (Fsp3) is 0.227. The first kappa shape index (κ1) is 19.1. The quantitative estimate of drug-likeness (QED) is 0.478. The van der Waals surface area contributed by atoms with Crippen molar-refractivity contribution < 1.29 is 14.3 Å². The van der Waals surface area contributed by atoms with Crippen LogP contribution < -0.4 is 14.9 Å². The van der Waals surface area contributed by atoms with Gasteiger partial charge in [-0.3, -0.25) is 14.4 Å². The Morgan fingerprint density at radius 2 is 2.07 bits per heavy atom. The topological polar surface area (TPSA) is 88.3 Å². The van der Waals surface area contributed by atoms with Crippen molar-refractivity contribution in [1.29, 1.82) is 0 Å². The molecule has 8 heteroatoms. The highest BCUT2D eigenvalue weighted by Crippen LogP contribution is 2.58. The number of rotatable bonds is 3. The standard InChI is InChI=1S/C22H18N2O4S2/c1-12-5-4-6-13(9-12)23-16(25)10-22-11-29-19-18(30-21(27)24-19)17(22)14-7-2-3-8-15(14)28-20(22)26/h2-9,17H,10-11H2,1H3,(H,23,25)(H,24,27). The number of anilines is 1. The van der Waals surface area contributed by atoms with Crippen molar-refractivity contribution in [3.63, 3.8) is 0 Å². The number of amides is 1. The Bertz CT molecular complexity index is 1230. The van der Waals surface area contributed by atoms with Crippen LogP contribution in [0, 0.1) is 12.3 Å². The molecule has 2 aliphatic rings. The van der Waals surface area contributed by atoms with Gasteiger partial charge in [0.2, 0.25) is 5.91 Å². The number of carbonyl (C=O) groups excluding carboxylic acids is 2. The van der Waals surface area contributed by atoms with E-state index in [1.54, 1.807) is 6.07 Å². The summed E-state index contributed by atoms with van der Waals surface area (Å²) in [7, 11) is 0. The fourth-order valence-corrected chi connectivity index (χ4v) is 6.77. The summed E-state index contributed by atoms with van der Waals surface area (Å²) in [6.07, 6.45) is -0.0304. The van der Waals surface area contributed by atoms with Gasteiger partial charge in [0.05, 0.1) is 10.4 Å². The number of para-hydroxylation sites is 1. The Balaban J connectivity index is 1.57. The van der Waals surface area contributed by atoms with Crippen LogP contribution in [0.2, 0.25) is 0 Å². The Morgan fingerprint density at radius 1 is 1.23 bits per heavy atom. The lowest BCUT2D eigenvalue weighted by molar-refractivity contribution is -0.149. The smallest absolute Gasteiger partial charge is 0.319 e. The van der Waals surface area contributed by atoms with Crippen LogP contribution in [0.15, 0.2) is 58.4 Å². The summed E-state index contributed by atoms with van der Waals surface area (Å²) in [5.41, 5.74) is 1.47. The monoisotopic (exact) mass is 438 g/mol. The Kier molecular flexibility index (Phi) is 4.56. The Morgan fingerprint density at radius 3 is 2.90 bits per heavy atom. The lowest BCUT2D eigenvalue weighted by Gasteiger charge is -2.44. The third-order valence-corrected chi connectivity index (χ3v) is 7.89. The molecular formula is C22H18N2O4S2. The Hall–Kier alpha value is -2.84. The van der Waals surface area contributed by atoms with Crippen molar-refractivity contribution in [2.24, 2.45) is 5.41 Å². The summed E-state index contributed by atoms with van der Waals surface area (Å²) in [6, 6.07) is 14.9. The van der Waals surface area contributed by atoms with E-state index < -0.39 is 17.3 Å². The average molecular weight is 439 g/mol. The summed E-state index contributed by atoms with van der Waals surface area (Å²) in [4.78, 5) is 41.9. The van der Waals surface area contributed by atoms with Crippen molar-refractivity contribution in [2.75, 3.05) is 11.1 Å². The second kappa shape index (κ2) is 7.14. The molecular weight excluding hydrogens is 420 g/mol. The number of carbonyl (C=O) groups is 2. The number of fused-ring (bicyclic) bond motifs is 5. The van der Waals surface area contributed by atoms with Gasteiger partial charge in [0.25, 0.3) is 0 Å². The van der Waals surface area contributed by atoms with Gasteiger partial charge in [0.1, 0.15) is 5.75 Å². The maximum Gasteiger partial charge on any atom is 0.319 e. The van der Waals surface area contributed by atoms with Crippen LogP contribution in [0.3, 0.4) is 0 Å². The molecule has 6 nitrogen and oxygen atoms in total. The predicted octanol–water partition coefficient (Wildman–Crippen LogP) is 3.92. The summed E-state index contributed by atoms with van der Waals surface area (Å²) in [6.45, 7) is 1.95. The zero-order valence-corrected chi connectivity index (χ0v) is 17.7. The van der Waals surface area contributed by atoms with Gasteiger partial charge in [-0.05, 0) is 30.7 Å². The second-order valence-electron chi connectivity index (χ2n) is 7.61. The van der Waals surface area contributed by atoms with Crippen LogP contribution in [-0.4, -0.2) is 22.6 Å². The molecule has 2 aliphatic heterocycles. The van der Waals surface area contributed by atoms with Gasteiger partial charge < -0.3 is 15.0 Å². The maximum atomic E-state index is 13.3. The van der Waals surface area contributed by atoms with Crippen LogP contribution in [0.1, 0.15) is 28.3 Å². The van der Waals surface area contributed by atoms with Gasteiger partial charge in [-0.2, -0.15) is 0 Å². The molecule has 0 aliphatic carbocycles. The highest BCUT2D eigenvalue weighted by Gasteiger charge is 2.57. The van der Waals surface area contributed by atoms with Crippen molar-refractivity contribution >= 4 is 40.7 Å². The normalized spacial score (nSPS) is 21.8. The summed E-state index contributed by atoms with van der Waals surface area (Å²) < 4.78 is 5.68. The molecule has 2 atom stereocenters. The Labute approximate surface area is 180 Å². The number of esters is 1. The predicted molar refractivity (Wildman–Crippen MR) is 116 cm³/mol. The third-order valence-electron chi connectivity index (χ3n) is 5.55. The van der Waals surface area contributed by atoms with E-state index in [9.17, 15) is 14.4 Å². The molecule has 152 valence electrons. The molecule has 0 radical (unpaired) electrons. The minimum absolute atomic E-state index is 0.0304. The lowest BCUT2D eigenvalue weighted by atomic mass is 9.68. The van der Waals surface area contributed by atoms with Crippen LogP contribution in [-0.2, 0) is 9.59 Å². The van der Waals surface area contributed by atoms with E-state index in [2.05, 4.69) is 10.3 Å². The highest BCUT2D eigenvalue weighted by atomic mass is 32.2. The van der Waals surface area contributed by atoms with Gasteiger partial charge >= 0.3 is 10.8 Å². The van der Waals surface area contributed by atoms with Crippen LogP contribution in [0.4, 0.5) is 5.69 Å². The largest absolute Gasteiger partial charge is 0.426 e. The first-order chi connectivity index (χ1) is 14.5. The number of thiazole rings is 1. The summed E-state index contributed by atoms with van der Waals surface area (Å²) in [5.74, 6) is -0.246. The number of ether oxygens (including phenoxy) is 1. The number of hydrogen-bond donors (Lipinski definition) is 2. The van der Waals surface area contributed by atoms with Gasteiger partial charge in [0.15, 0.2) is 0 Å². The van der Waals surface area contributed by atoms with Gasteiger partial charge in [-0.1, -0.05) is 41.7 Å². The SMILES string of the molecule is Cc1cccc(NC(=O)CC23CSc4[nH]c(=O)sc4C2c2ccccc2OC3=O)c1. The summed E-state index contributed by atoms with van der Waals surface area (Å²) in [5, 5.41) is 3.68. The molecule has 0 saturated heterocycles. The molecule has 30 heavy (non-hydrogen) atoms. The van der Waals surface area contributed by atoms with Gasteiger partial charge in [0, 0.05) is 34.2 Å². The maximum absolute atomic E-state index is 13.3. The number of H-pyrrole nitrogens is 1. The molecule has 0 spiro atoms. The van der Waals surface area contributed by atoms with Crippen molar-refractivity contribution in [3.8, 4) is 5.75 Å². The van der Waals surface area contributed by atoms with Crippen LogP contribution in [0.5, 0.6) is 5.75 Å². The number of aryl methyl sites for hydroxylation is 1. The van der Waals surface area contributed by atoms with E-state index in [0.29, 0.717) is 17.2 Å². The van der Waals surface area contributed by atoms with E-state index in [0.717, 1.165) is 32.4 Å². The minimum atomic E-state index is -1.08. The first-order valence-electron chi connectivity index (χ1n) is 9.50. The van der Waals surface area contributed by atoms with E-state index in [4.69, 9.17) is 4.74 Å². The zero-order valence-electron chi connectivity index (χ0n) is 16.1. The first-order valence-corrected chi connectivity index (χ1v) is 11.3. The minimum Gasteiger partial charge on any atom is -0.426 e. The molecule has 0 bridgehead atoms.